The molecular weight excluding hydrogens is 308 g/mol. The number of hydrogen-bond donors (Lipinski definition) is 0. The molecule has 23 heavy (non-hydrogen) atoms. The molecule has 1 atom stereocenters. The number of fused-ring (bicyclic) bond motifs is 3. The zero-order chi connectivity index (χ0) is 16.7. The van der Waals surface area contributed by atoms with Crippen LogP contribution in [0.1, 0.15) is 36.7 Å². The van der Waals surface area contributed by atoms with Crippen LogP contribution in [0.4, 0.5) is 17.6 Å². The third kappa shape index (κ3) is 2.22. The fraction of sp³-hybridized carbons (Fsp3) is 0.222. The molecule has 2 aromatic rings. The Balaban J connectivity index is 2.28. The first kappa shape index (κ1) is 15.6. The topological polar surface area (TPSA) is 9.23 Å². The largest absolute Gasteiger partial charge is 0.491 e. The molecule has 1 unspecified atom stereocenters. The van der Waals surface area contributed by atoms with E-state index in [-0.39, 0.29) is 34.6 Å². The molecule has 0 aliphatic heterocycles. The van der Waals surface area contributed by atoms with Gasteiger partial charge >= 0.3 is 0 Å². The van der Waals surface area contributed by atoms with Gasteiger partial charge in [0.15, 0.2) is 29.4 Å². The highest BCUT2D eigenvalue weighted by atomic mass is 19.2. The van der Waals surface area contributed by atoms with Crippen molar-refractivity contribution >= 4 is 6.08 Å². The highest BCUT2D eigenvalue weighted by Gasteiger charge is 2.37. The van der Waals surface area contributed by atoms with Crippen LogP contribution in [0, 0.1) is 17.5 Å². The smallest absolute Gasteiger partial charge is 0.172 e. The van der Waals surface area contributed by atoms with Crippen LogP contribution in [-0.2, 0) is 0 Å². The minimum absolute atomic E-state index is 0.00177. The van der Waals surface area contributed by atoms with Crippen molar-refractivity contribution in [2.75, 3.05) is 6.61 Å². The molecule has 0 N–H and O–H groups in total. The molecule has 0 bridgehead atoms. The predicted octanol–water partition coefficient (Wildman–Crippen LogP) is 5.58. The molecule has 120 valence electrons. The molecule has 1 nitrogen and oxygen atoms in total. The summed E-state index contributed by atoms with van der Waals surface area (Å²) in [5.41, 5.74) is -0.377. The molecule has 0 heterocycles. The van der Waals surface area contributed by atoms with Gasteiger partial charge in [0.2, 0.25) is 0 Å². The van der Waals surface area contributed by atoms with Crippen molar-refractivity contribution in [3.63, 3.8) is 0 Å². The molecule has 0 spiro atoms. The van der Waals surface area contributed by atoms with Crippen LogP contribution in [0.15, 0.2) is 24.3 Å². The summed E-state index contributed by atoms with van der Waals surface area (Å²) in [4.78, 5) is 0. The van der Waals surface area contributed by atoms with Gasteiger partial charge in [0.25, 0.3) is 0 Å². The molecule has 0 amide bonds. The Morgan fingerprint density at radius 3 is 2.39 bits per heavy atom. The lowest BCUT2D eigenvalue weighted by molar-refractivity contribution is 0.313. The van der Waals surface area contributed by atoms with E-state index < -0.39 is 29.2 Å². The Bertz CT molecular complexity index is 811. The highest BCUT2D eigenvalue weighted by molar-refractivity contribution is 5.81. The maximum atomic E-state index is 14.6. The van der Waals surface area contributed by atoms with E-state index in [1.165, 1.54) is 24.3 Å². The van der Waals surface area contributed by atoms with Crippen LogP contribution in [0.5, 0.6) is 5.75 Å². The van der Waals surface area contributed by atoms with Gasteiger partial charge in [-0.25, -0.2) is 17.6 Å². The molecule has 1 aliphatic carbocycles. The third-order valence-corrected chi connectivity index (χ3v) is 3.86. The standard InChI is InChI=1S/C18H14F4O/c1-3-5-9-8-11-10-6-7-12(23-4-2)16(20)13(10)17(21)14(11)18(22)15(9)19/h3,5-8,17H,4H2,1-2H3/b5-3+. The normalized spacial score (nSPS) is 15.8. The molecule has 0 aromatic heterocycles. The SMILES string of the molecule is C/C=C/c1cc2c(c(F)c1F)C(F)c1c-2ccc(OCC)c1F. The molecule has 0 saturated heterocycles. The minimum atomic E-state index is -2.06. The predicted molar refractivity (Wildman–Crippen MR) is 80.6 cm³/mol. The van der Waals surface area contributed by atoms with Crippen molar-refractivity contribution in [1.29, 1.82) is 0 Å². The molecule has 3 rings (SSSR count). The van der Waals surface area contributed by atoms with E-state index in [2.05, 4.69) is 0 Å². The molecule has 1 aliphatic rings. The Morgan fingerprint density at radius 1 is 1.04 bits per heavy atom. The van der Waals surface area contributed by atoms with Crippen LogP contribution >= 0.6 is 0 Å². The van der Waals surface area contributed by atoms with E-state index in [0.717, 1.165) is 0 Å². The summed E-state index contributed by atoms with van der Waals surface area (Å²) in [6.45, 7) is 3.55. The fourth-order valence-corrected chi connectivity index (χ4v) is 2.90. The average molecular weight is 322 g/mol. The number of hydrogen-bond acceptors (Lipinski definition) is 1. The zero-order valence-electron chi connectivity index (χ0n) is 12.6. The average Bonchev–Trinajstić information content (AvgIpc) is 2.81. The Hall–Kier alpha value is -2.30. The Kier molecular flexibility index (Phi) is 3.88. The van der Waals surface area contributed by atoms with Crippen molar-refractivity contribution in [3.8, 4) is 16.9 Å². The van der Waals surface area contributed by atoms with E-state index >= 15 is 0 Å². The maximum Gasteiger partial charge on any atom is 0.172 e. The van der Waals surface area contributed by atoms with Gasteiger partial charge in [0.1, 0.15) is 0 Å². The van der Waals surface area contributed by atoms with E-state index in [1.807, 2.05) is 0 Å². The second kappa shape index (κ2) is 5.72. The van der Waals surface area contributed by atoms with Crippen molar-refractivity contribution in [2.24, 2.45) is 0 Å². The summed E-state index contributed by atoms with van der Waals surface area (Å²) < 4.78 is 62.5. The number of halogens is 4. The monoisotopic (exact) mass is 322 g/mol. The summed E-state index contributed by atoms with van der Waals surface area (Å²) in [5.74, 6) is -3.39. The van der Waals surface area contributed by atoms with Crippen molar-refractivity contribution in [1.82, 2.24) is 0 Å². The first-order valence-electron chi connectivity index (χ1n) is 7.25. The van der Waals surface area contributed by atoms with Gasteiger partial charge in [-0.05, 0) is 37.1 Å². The third-order valence-electron chi connectivity index (χ3n) is 3.86. The number of benzene rings is 2. The maximum absolute atomic E-state index is 14.6. The van der Waals surface area contributed by atoms with Gasteiger partial charge in [-0.2, -0.15) is 0 Å². The number of rotatable bonds is 3. The van der Waals surface area contributed by atoms with E-state index in [1.54, 1.807) is 19.9 Å². The molecule has 2 aromatic carbocycles. The lowest BCUT2D eigenvalue weighted by atomic mass is 10.0. The van der Waals surface area contributed by atoms with Crippen LogP contribution in [-0.4, -0.2) is 6.61 Å². The molecular formula is C18H14F4O. The molecule has 5 heteroatoms. The van der Waals surface area contributed by atoms with Gasteiger partial charge < -0.3 is 4.74 Å². The Labute approximate surface area is 131 Å². The van der Waals surface area contributed by atoms with Crippen molar-refractivity contribution < 1.29 is 22.3 Å². The second-order valence-corrected chi connectivity index (χ2v) is 5.19. The van der Waals surface area contributed by atoms with Crippen molar-refractivity contribution in [2.45, 2.75) is 20.0 Å². The summed E-state index contributed by atoms with van der Waals surface area (Å²) in [6.07, 6.45) is 0.871. The lowest BCUT2D eigenvalue weighted by Gasteiger charge is -2.09. The quantitative estimate of drug-likeness (QED) is 0.671. The first-order valence-corrected chi connectivity index (χ1v) is 7.25. The Morgan fingerprint density at radius 2 is 1.74 bits per heavy atom. The summed E-state index contributed by atoms with van der Waals surface area (Å²) in [6, 6.07) is 4.18. The molecule has 0 saturated carbocycles. The van der Waals surface area contributed by atoms with Crippen LogP contribution < -0.4 is 4.74 Å². The number of allylic oxidation sites excluding steroid dienone is 1. The van der Waals surface area contributed by atoms with Gasteiger partial charge in [0.05, 0.1) is 6.61 Å². The molecule has 0 radical (unpaired) electrons. The fourth-order valence-electron chi connectivity index (χ4n) is 2.90. The summed E-state index contributed by atoms with van der Waals surface area (Å²) in [5, 5.41) is 0. The van der Waals surface area contributed by atoms with Gasteiger partial charge in [-0.1, -0.05) is 18.2 Å². The molecule has 0 fully saturated rings. The van der Waals surface area contributed by atoms with Gasteiger partial charge in [-0.15, -0.1) is 0 Å². The van der Waals surface area contributed by atoms with E-state index in [4.69, 9.17) is 4.74 Å². The van der Waals surface area contributed by atoms with Crippen LogP contribution in [0.25, 0.3) is 17.2 Å². The van der Waals surface area contributed by atoms with E-state index in [9.17, 15) is 17.6 Å². The van der Waals surface area contributed by atoms with Crippen molar-refractivity contribution in [3.05, 3.63) is 58.4 Å². The second-order valence-electron chi connectivity index (χ2n) is 5.19. The number of alkyl halides is 1. The summed E-state index contributed by atoms with van der Waals surface area (Å²) in [7, 11) is 0. The zero-order valence-corrected chi connectivity index (χ0v) is 12.6. The lowest BCUT2D eigenvalue weighted by Crippen LogP contribution is -2.01. The minimum Gasteiger partial charge on any atom is -0.491 e. The van der Waals surface area contributed by atoms with Gasteiger partial charge in [0, 0.05) is 16.7 Å². The first-order chi connectivity index (χ1) is 11.0. The number of ether oxygens (including phenoxy) is 1. The summed E-state index contributed by atoms with van der Waals surface area (Å²) >= 11 is 0. The highest BCUT2D eigenvalue weighted by Crippen LogP contribution is 2.50. The van der Waals surface area contributed by atoms with E-state index in [0.29, 0.717) is 0 Å². The van der Waals surface area contributed by atoms with Crippen LogP contribution in [0.3, 0.4) is 0 Å². The van der Waals surface area contributed by atoms with Crippen LogP contribution in [0.2, 0.25) is 0 Å². The van der Waals surface area contributed by atoms with Gasteiger partial charge in [-0.3, -0.25) is 0 Å².